The molecule has 34 heavy (non-hydrogen) atoms. The Morgan fingerprint density at radius 1 is 0.941 bits per heavy atom. The maximum atomic E-state index is 6.91. The number of nitrogens with one attached hydrogen (secondary N) is 1. The van der Waals surface area contributed by atoms with Crippen molar-refractivity contribution in [3.63, 3.8) is 0 Å². The lowest BCUT2D eigenvalue weighted by Crippen LogP contribution is -1.99. The van der Waals surface area contributed by atoms with Gasteiger partial charge in [-0.1, -0.05) is 138 Å². The first-order chi connectivity index (χ1) is 16.1. The fourth-order valence-electron chi connectivity index (χ4n) is 4.12. The third kappa shape index (κ3) is 31.5. The maximum absolute atomic E-state index is 6.91. The summed E-state index contributed by atoms with van der Waals surface area (Å²) in [6.45, 7) is 21.4. The molecule has 2 heteroatoms. The molecule has 0 saturated heterocycles. The molecule has 0 amide bonds. The van der Waals surface area contributed by atoms with Gasteiger partial charge in [-0.15, -0.1) is 0 Å². The second-order valence-corrected chi connectivity index (χ2v) is 12.0. The zero-order valence-electron chi connectivity index (χ0n) is 25.2. The minimum atomic E-state index is 0.194. The third-order valence-corrected chi connectivity index (χ3v) is 5.97. The smallest absolute Gasteiger partial charge is 0.00449 e. The largest absolute Gasteiger partial charge is 0.313 e. The third-order valence-electron chi connectivity index (χ3n) is 5.97. The summed E-state index contributed by atoms with van der Waals surface area (Å²) in [6, 6.07) is 0. The summed E-state index contributed by atoms with van der Waals surface area (Å²) in [7, 11) is 0. The van der Waals surface area contributed by atoms with Crippen molar-refractivity contribution < 1.29 is 0 Å². The van der Waals surface area contributed by atoms with Gasteiger partial charge in [-0.25, -0.2) is 0 Å². The highest BCUT2D eigenvalue weighted by atomic mass is 32.1. The van der Waals surface area contributed by atoms with Gasteiger partial charge in [0.15, 0.2) is 0 Å². The Balaban J connectivity index is -0.000000379. The normalized spacial score (nSPS) is 20.1. The average Bonchev–Trinajstić information content (AvgIpc) is 3.46. The number of rotatable bonds is 8. The molecule has 1 nitrogen and oxygen atoms in total. The molecule has 2 aliphatic rings. The highest BCUT2D eigenvalue weighted by molar-refractivity contribution is 7.81. The Morgan fingerprint density at radius 3 is 1.82 bits per heavy atom. The van der Waals surface area contributed by atoms with Crippen LogP contribution in [0.2, 0.25) is 0 Å². The van der Waals surface area contributed by atoms with Crippen molar-refractivity contribution in [3.8, 4) is 0 Å². The van der Waals surface area contributed by atoms with E-state index < -0.39 is 0 Å². The predicted octanol–water partition coefficient (Wildman–Crippen LogP) is 11.9. The van der Waals surface area contributed by atoms with Crippen LogP contribution in [0, 0.1) is 23.2 Å². The first-order valence-corrected chi connectivity index (χ1v) is 15.1. The van der Waals surface area contributed by atoms with E-state index in [1.165, 1.54) is 69.8 Å². The van der Waals surface area contributed by atoms with E-state index in [1.54, 1.807) is 6.21 Å². The predicted molar refractivity (Wildman–Crippen MR) is 165 cm³/mol. The van der Waals surface area contributed by atoms with Gasteiger partial charge in [-0.3, -0.25) is 0 Å². The lowest BCUT2D eigenvalue weighted by atomic mass is 10.0. The summed E-state index contributed by atoms with van der Waals surface area (Å²) in [5.74, 6) is 2.87. The van der Waals surface area contributed by atoms with E-state index in [2.05, 4.69) is 86.2 Å². The number of hydrogen-bond acceptors (Lipinski definition) is 2. The lowest BCUT2D eigenvalue weighted by molar-refractivity contribution is 0.531. The van der Waals surface area contributed by atoms with Crippen molar-refractivity contribution in [3.05, 3.63) is 23.8 Å². The van der Waals surface area contributed by atoms with Gasteiger partial charge in [0.05, 0.1) is 0 Å². The topological polar surface area (TPSA) is 23.9 Å². The van der Waals surface area contributed by atoms with Crippen LogP contribution >= 0.6 is 12.6 Å². The molecule has 0 aromatic carbocycles. The van der Waals surface area contributed by atoms with E-state index in [9.17, 15) is 0 Å². The summed E-state index contributed by atoms with van der Waals surface area (Å²) in [5, 5.41) is 6.91. The van der Waals surface area contributed by atoms with Crippen molar-refractivity contribution in [2.75, 3.05) is 0 Å². The first kappa shape index (κ1) is 38.0. The quantitative estimate of drug-likeness (QED) is 0.190. The molecule has 204 valence electrons. The van der Waals surface area contributed by atoms with E-state index in [0.29, 0.717) is 0 Å². The lowest BCUT2D eigenvalue weighted by Gasteiger charge is -2.04. The van der Waals surface area contributed by atoms with E-state index in [4.69, 9.17) is 5.41 Å². The molecule has 1 N–H and O–H groups in total. The van der Waals surface area contributed by atoms with Crippen molar-refractivity contribution >= 4 is 18.8 Å². The second-order valence-electron chi connectivity index (χ2n) is 10.7. The molecule has 0 aromatic heterocycles. The maximum Gasteiger partial charge on any atom is 0.00449 e. The molecule has 0 aromatic rings. The van der Waals surface area contributed by atoms with Crippen LogP contribution < -0.4 is 0 Å². The molecule has 2 unspecified atom stereocenters. The van der Waals surface area contributed by atoms with Crippen LogP contribution in [0.1, 0.15) is 153 Å². The van der Waals surface area contributed by atoms with E-state index >= 15 is 0 Å². The van der Waals surface area contributed by atoms with E-state index in [-0.39, 0.29) is 4.75 Å². The molecule has 2 rings (SSSR count). The highest BCUT2D eigenvalue weighted by Gasteiger charge is 2.19. The van der Waals surface area contributed by atoms with E-state index in [1.807, 2.05) is 13.8 Å². The zero-order chi connectivity index (χ0) is 26.8. The van der Waals surface area contributed by atoms with E-state index in [0.717, 1.165) is 37.0 Å². The van der Waals surface area contributed by atoms with Crippen molar-refractivity contribution in [2.45, 2.75) is 157 Å². The van der Waals surface area contributed by atoms with Crippen LogP contribution in [0.3, 0.4) is 0 Å². The van der Waals surface area contributed by atoms with Gasteiger partial charge in [0.2, 0.25) is 0 Å². The molecule has 0 radical (unpaired) electrons. The standard InChI is InChI=1S/C11H20.C8H15N.C7H14.C4H10S.C2H6/c1-4-7-8-10-11(6-3)9-5-2;1-7-2-3-8(6-7)4-5-9;1-2-7-5-3-4-6-7;1-4(2,3)5;1-2/h8-10H,4-7H2,1-3H3;5,7-9H,2-4,6H2,1H3;7H,2-6H2,1H3;5H,1-3H3;1-2H3/b10-8-,11-9-;;;;. The summed E-state index contributed by atoms with van der Waals surface area (Å²) in [4.78, 5) is 0. The molecule has 0 heterocycles. The zero-order valence-corrected chi connectivity index (χ0v) is 26.1. The average molecular weight is 496 g/mol. The molecule has 0 aliphatic heterocycles. The minimum Gasteiger partial charge on any atom is -0.313 e. The molecule has 2 fully saturated rings. The fourth-order valence-corrected chi connectivity index (χ4v) is 4.12. The van der Waals surface area contributed by atoms with Gasteiger partial charge in [0, 0.05) is 4.75 Å². The number of hydrogen-bond donors (Lipinski definition) is 2. The summed E-state index contributed by atoms with van der Waals surface area (Å²) in [5.41, 5.74) is 1.47. The van der Waals surface area contributed by atoms with Crippen molar-refractivity contribution in [1.29, 1.82) is 5.41 Å². The van der Waals surface area contributed by atoms with Gasteiger partial charge < -0.3 is 5.41 Å². The molecule has 0 spiro atoms. The number of allylic oxidation sites excluding steroid dienone is 4. The molecule has 2 atom stereocenters. The monoisotopic (exact) mass is 495 g/mol. The number of thiol groups is 1. The Labute approximate surface area is 223 Å². The van der Waals surface area contributed by atoms with Crippen LogP contribution in [0.4, 0.5) is 0 Å². The van der Waals surface area contributed by atoms with Crippen molar-refractivity contribution in [2.24, 2.45) is 17.8 Å². The Kier molecular flexibility index (Phi) is 30.3. The van der Waals surface area contributed by atoms with Crippen LogP contribution in [0.5, 0.6) is 0 Å². The Bertz CT molecular complexity index is 460. The van der Waals surface area contributed by atoms with Gasteiger partial charge in [-0.2, -0.15) is 12.6 Å². The van der Waals surface area contributed by atoms with Crippen molar-refractivity contribution in [1.82, 2.24) is 0 Å². The fraction of sp³-hybridized carbons (Fsp3) is 0.844. The van der Waals surface area contributed by atoms with Crippen LogP contribution in [0.15, 0.2) is 23.8 Å². The summed E-state index contributed by atoms with van der Waals surface area (Å²) < 4.78 is 0.194. The van der Waals surface area contributed by atoms with Crippen LogP contribution in [-0.4, -0.2) is 11.0 Å². The van der Waals surface area contributed by atoms with Gasteiger partial charge in [-0.05, 0) is 62.5 Å². The Hall–Kier alpha value is -0.500. The number of unbranched alkanes of at least 4 members (excludes halogenated alkanes) is 1. The minimum absolute atomic E-state index is 0.194. The first-order valence-electron chi connectivity index (χ1n) is 14.7. The summed E-state index contributed by atoms with van der Waals surface area (Å²) >= 11 is 4.12. The Morgan fingerprint density at radius 2 is 1.50 bits per heavy atom. The summed E-state index contributed by atoms with van der Waals surface area (Å²) in [6.07, 6.45) is 25.7. The van der Waals surface area contributed by atoms with Crippen LogP contribution in [0.25, 0.3) is 0 Å². The van der Waals surface area contributed by atoms with Gasteiger partial charge in [0.1, 0.15) is 0 Å². The van der Waals surface area contributed by atoms with Gasteiger partial charge >= 0.3 is 0 Å². The highest BCUT2D eigenvalue weighted by Crippen LogP contribution is 2.31. The van der Waals surface area contributed by atoms with Gasteiger partial charge in [0.25, 0.3) is 0 Å². The second kappa shape index (κ2) is 27.1. The SMILES string of the molecule is CC.CC(C)(C)S.CC/C=C(\C=C/CCC)CC.CC1CCC(CC=N)C1.CCC1CCCC1. The molecular formula is C32H65NS. The van der Waals surface area contributed by atoms with Crippen LogP contribution in [-0.2, 0) is 0 Å². The molecular weight excluding hydrogens is 430 g/mol. The molecule has 2 aliphatic carbocycles. The molecule has 0 bridgehead atoms. The molecule has 2 saturated carbocycles.